The molecule has 0 radical (unpaired) electrons. The summed E-state index contributed by atoms with van der Waals surface area (Å²) in [5.74, 6) is 5.45. The van der Waals surface area contributed by atoms with E-state index < -0.39 is 0 Å². The van der Waals surface area contributed by atoms with Crippen molar-refractivity contribution in [2.24, 2.45) is 0 Å². The summed E-state index contributed by atoms with van der Waals surface area (Å²) in [4.78, 5) is 12.1. The molecule has 0 atom stereocenters. The number of carbonyl (C=O) groups is 1. The van der Waals surface area contributed by atoms with Gasteiger partial charge in [0.1, 0.15) is 5.75 Å². The molecule has 0 bridgehead atoms. The molecule has 0 aliphatic carbocycles. The van der Waals surface area contributed by atoms with Crippen molar-refractivity contribution < 1.29 is 9.53 Å². The van der Waals surface area contributed by atoms with Gasteiger partial charge in [0, 0.05) is 15.6 Å². The van der Waals surface area contributed by atoms with E-state index in [1.807, 2.05) is 0 Å². The van der Waals surface area contributed by atoms with E-state index in [0.29, 0.717) is 26.9 Å². The van der Waals surface area contributed by atoms with Crippen LogP contribution in [0.4, 0.5) is 0 Å². The lowest BCUT2D eigenvalue weighted by Gasteiger charge is -2.04. The number of carbonyl (C=O) groups excluding carboxylic acids is 1. The van der Waals surface area contributed by atoms with Crippen molar-refractivity contribution in [3.63, 3.8) is 0 Å². The Balaban J connectivity index is 2.29. The minimum Gasteiger partial charge on any atom is -0.496 e. The summed E-state index contributed by atoms with van der Waals surface area (Å²) >= 11 is 11.7. The van der Waals surface area contributed by atoms with E-state index in [0.717, 1.165) is 0 Å². The number of ether oxygens (including phenoxy) is 1. The summed E-state index contributed by atoms with van der Waals surface area (Å²) in [6, 6.07) is 11.8. The maximum Gasteiger partial charge on any atom is 0.240 e. The number of Topliss-reactive ketones (excluding diaryl/α,β-unsaturated/α-hetero) is 1. The molecule has 0 aromatic heterocycles. The number of halogens is 2. The van der Waals surface area contributed by atoms with Gasteiger partial charge < -0.3 is 4.74 Å². The van der Waals surface area contributed by atoms with Gasteiger partial charge in [-0.3, -0.25) is 4.79 Å². The summed E-state index contributed by atoms with van der Waals surface area (Å²) < 4.78 is 5.12. The van der Waals surface area contributed by atoms with E-state index in [9.17, 15) is 4.79 Å². The molecule has 0 spiro atoms. The van der Waals surface area contributed by atoms with Gasteiger partial charge in [0.05, 0.1) is 12.7 Å². The highest BCUT2D eigenvalue weighted by atomic mass is 35.5. The van der Waals surface area contributed by atoms with Crippen molar-refractivity contribution >= 4 is 29.0 Å². The van der Waals surface area contributed by atoms with Crippen LogP contribution in [-0.4, -0.2) is 12.9 Å². The van der Waals surface area contributed by atoms with E-state index in [-0.39, 0.29) is 5.78 Å². The monoisotopic (exact) mass is 304 g/mol. The summed E-state index contributed by atoms with van der Waals surface area (Å²) in [5.41, 5.74) is 1.06. The van der Waals surface area contributed by atoms with Crippen LogP contribution in [0.25, 0.3) is 0 Å². The minimum absolute atomic E-state index is 0.348. The average Bonchev–Trinajstić information content (AvgIpc) is 2.46. The fourth-order valence-electron chi connectivity index (χ4n) is 1.59. The maximum atomic E-state index is 12.1. The normalized spacial score (nSPS) is 9.55. The Morgan fingerprint density at radius 2 is 1.70 bits per heavy atom. The molecule has 0 fully saturated rings. The number of methoxy groups -OCH3 is 1. The number of benzene rings is 2. The molecular formula is C16H10Cl2O2. The predicted molar refractivity (Wildman–Crippen MR) is 80.7 cm³/mol. The average molecular weight is 305 g/mol. The van der Waals surface area contributed by atoms with Crippen molar-refractivity contribution in [2.75, 3.05) is 7.11 Å². The van der Waals surface area contributed by atoms with Crippen LogP contribution in [0.5, 0.6) is 5.75 Å². The van der Waals surface area contributed by atoms with Crippen molar-refractivity contribution in [2.45, 2.75) is 0 Å². The SMILES string of the molecule is COc1ccc(Cl)cc1C(=O)C#Cc1ccc(Cl)cc1. The Morgan fingerprint density at radius 3 is 2.35 bits per heavy atom. The largest absolute Gasteiger partial charge is 0.496 e. The van der Waals surface area contributed by atoms with Crippen LogP contribution in [0.1, 0.15) is 15.9 Å². The molecule has 0 aliphatic heterocycles. The molecule has 0 unspecified atom stereocenters. The second-order valence-corrected chi connectivity index (χ2v) is 4.80. The summed E-state index contributed by atoms with van der Waals surface area (Å²) in [7, 11) is 1.49. The first-order valence-corrected chi connectivity index (χ1v) is 6.51. The van der Waals surface area contributed by atoms with Gasteiger partial charge in [-0.1, -0.05) is 29.1 Å². The molecule has 0 saturated carbocycles. The summed E-state index contributed by atoms with van der Waals surface area (Å²) in [6.07, 6.45) is 0. The fraction of sp³-hybridized carbons (Fsp3) is 0.0625. The first kappa shape index (κ1) is 14.5. The molecular weight excluding hydrogens is 295 g/mol. The van der Waals surface area contributed by atoms with Gasteiger partial charge >= 0.3 is 0 Å². The quantitative estimate of drug-likeness (QED) is 0.613. The van der Waals surface area contributed by atoms with Crippen LogP contribution in [0.3, 0.4) is 0 Å². The van der Waals surface area contributed by atoms with Crippen molar-refractivity contribution in [1.82, 2.24) is 0 Å². The number of hydrogen-bond acceptors (Lipinski definition) is 2. The second kappa shape index (κ2) is 6.47. The Bertz CT molecular complexity index is 695. The Labute approximate surface area is 127 Å². The first-order valence-electron chi connectivity index (χ1n) is 5.75. The highest BCUT2D eigenvalue weighted by Crippen LogP contribution is 2.22. The zero-order valence-corrected chi connectivity index (χ0v) is 12.1. The zero-order valence-electron chi connectivity index (χ0n) is 10.6. The van der Waals surface area contributed by atoms with Gasteiger partial charge in [0.2, 0.25) is 5.78 Å². The molecule has 0 aliphatic rings. The van der Waals surface area contributed by atoms with Gasteiger partial charge in [-0.05, 0) is 48.4 Å². The third-order valence-corrected chi connectivity index (χ3v) is 3.06. The Kier molecular flexibility index (Phi) is 4.68. The smallest absolute Gasteiger partial charge is 0.240 e. The number of hydrogen-bond donors (Lipinski definition) is 0. The lowest BCUT2D eigenvalue weighted by Crippen LogP contribution is -1.99. The van der Waals surface area contributed by atoms with Crippen LogP contribution in [0.15, 0.2) is 42.5 Å². The molecule has 4 heteroatoms. The van der Waals surface area contributed by atoms with Crippen LogP contribution in [-0.2, 0) is 0 Å². The van der Waals surface area contributed by atoms with E-state index in [2.05, 4.69) is 11.8 Å². The molecule has 2 nitrogen and oxygen atoms in total. The van der Waals surface area contributed by atoms with Crippen LogP contribution in [0.2, 0.25) is 10.0 Å². The third-order valence-electron chi connectivity index (χ3n) is 2.57. The molecule has 0 N–H and O–H groups in total. The van der Waals surface area contributed by atoms with Crippen LogP contribution < -0.4 is 4.74 Å². The van der Waals surface area contributed by atoms with Crippen molar-refractivity contribution in [3.05, 3.63) is 63.6 Å². The van der Waals surface area contributed by atoms with Gasteiger partial charge in [-0.2, -0.15) is 0 Å². The van der Waals surface area contributed by atoms with Gasteiger partial charge in [0.15, 0.2) is 0 Å². The lowest BCUT2D eigenvalue weighted by molar-refractivity contribution is 0.105. The van der Waals surface area contributed by atoms with Gasteiger partial charge in [-0.15, -0.1) is 0 Å². The molecule has 2 rings (SSSR count). The van der Waals surface area contributed by atoms with E-state index in [4.69, 9.17) is 27.9 Å². The molecule has 0 amide bonds. The Hall–Kier alpha value is -1.95. The predicted octanol–water partition coefficient (Wildman–Crippen LogP) is 4.24. The maximum absolute atomic E-state index is 12.1. The van der Waals surface area contributed by atoms with Crippen molar-refractivity contribution in [1.29, 1.82) is 0 Å². The third kappa shape index (κ3) is 3.54. The van der Waals surface area contributed by atoms with E-state index >= 15 is 0 Å². The van der Waals surface area contributed by atoms with E-state index in [1.54, 1.807) is 42.5 Å². The second-order valence-electron chi connectivity index (χ2n) is 3.93. The van der Waals surface area contributed by atoms with Gasteiger partial charge in [-0.25, -0.2) is 0 Å². The topological polar surface area (TPSA) is 26.3 Å². The van der Waals surface area contributed by atoms with Gasteiger partial charge in [0.25, 0.3) is 0 Å². The highest BCUT2D eigenvalue weighted by Gasteiger charge is 2.10. The highest BCUT2D eigenvalue weighted by molar-refractivity contribution is 6.31. The van der Waals surface area contributed by atoms with Crippen LogP contribution >= 0.6 is 23.2 Å². The molecule has 2 aromatic rings. The lowest BCUT2D eigenvalue weighted by atomic mass is 10.1. The minimum atomic E-state index is -0.348. The van der Waals surface area contributed by atoms with Crippen LogP contribution in [0, 0.1) is 11.8 Å². The van der Waals surface area contributed by atoms with E-state index in [1.165, 1.54) is 7.11 Å². The Morgan fingerprint density at radius 1 is 1.05 bits per heavy atom. The zero-order chi connectivity index (χ0) is 14.5. The summed E-state index contributed by atoms with van der Waals surface area (Å²) in [6.45, 7) is 0. The molecule has 100 valence electrons. The molecule has 0 heterocycles. The van der Waals surface area contributed by atoms with Crippen molar-refractivity contribution in [3.8, 4) is 17.6 Å². The molecule has 2 aromatic carbocycles. The fourth-order valence-corrected chi connectivity index (χ4v) is 1.89. The number of ketones is 1. The molecule has 20 heavy (non-hydrogen) atoms. The first-order chi connectivity index (χ1) is 9.60. The number of rotatable bonds is 2. The molecule has 0 saturated heterocycles. The summed E-state index contributed by atoms with van der Waals surface area (Å²) in [5, 5.41) is 1.08. The standard InChI is InChI=1S/C16H10Cl2O2/c1-20-16-9-7-13(18)10-14(16)15(19)8-4-11-2-5-12(17)6-3-11/h2-3,5-7,9-10H,1H3.